The Balaban J connectivity index is 2.33. The molecule has 0 amide bonds. The maximum atomic E-state index is 10.0. The number of aromatic hydroxyl groups is 1. The van der Waals surface area contributed by atoms with Gasteiger partial charge in [-0.3, -0.25) is 0 Å². The SMILES string of the molecule is COc1cccc(N(C)c2ccc(C(C)N)c(O)c2)c1. The minimum atomic E-state index is -0.189. The molecule has 0 fully saturated rings. The summed E-state index contributed by atoms with van der Waals surface area (Å²) in [7, 11) is 3.58. The van der Waals surface area contributed by atoms with Gasteiger partial charge in [-0.1, -0.05) is 12.1 Å². The van der Waals surface area contributed by atoms with Gasteiger partial charge >= 0.3 is 0 Å². The van der Waals surface area contributed by atoms with Crippen LogP contribution in [0, 0.1) is 0 Å². The molecular weight excluding hydrogens is 252 g/mol. The van der Waals surface area contributed by atoms with Crippen molar-refractivity contribution in [3.8, 4) is 11.5 Å². The van der Waals surface area contributed by atoms with Crippen LogP contribution in [0.1, 0.15) is 18.5 Å². The van der Waals surface area contributed by atoms with Gasteiger partial charge in [0.2, 0.25) is 0 Å². The van der Waals surface area contributed by atoms with Crippen LogP contribution in [-0.4, -0.2) is 19.3 Å². The van der Waals surface area contributed by atoms with E-state index in [1.165, 1.54) is 0 Å². The van der Waals surface area contributed by atoms with Gasteiger partial charge in [-0.15, -0.1) is 0 Å². The number of benzene rings is 2. The molecule has 4 nitrogen and oxygen atoms in total. The first-order valence-electron chi connectivity index (χ1n) is 6.49. The minimum Gasteiger partial charge on any atom is -0.508 e. The fourth-order valence-corrected chi connectivity index (χ4v) is 2.09. The average molecular weight is 272 g/mol. The van der Waals surface area contributed by atoms with E-state index in [0.29, 0.717) is 0 Å². The molecule has 0 radical (unpaired) electrons. The number of ether oxygens (including phenoxy) is 1. The lowest BCUT2D eigenvalue weighted by Gasteiger charge is -2.21. The van der Waals surface area contributed by atoms with E-state index in [9.17, 15) is 5.11 Å². The van der Waals surface area contributed by atoms with E-state index in [4.69, 9.17) is 10.5 Å². The van der Waals surface area contributed by atoms with Crippen molar-refractivity contribution in [2.45, 2.75) is 13.0 Å². The Morgan fingerprint density at radius 3 is 2.45 bits per heavy atom. The maximum absolute atomic E-state index is 10.0. The number of phenols is 1. The summed E-state index contributed by atoms with van der Waals surface area (Å²) in [5.41, 5.74) is 8.42. The van der Waals surface area contributed by atoms with E-state index in [0.717, 1.165) is 22.7 Å². The highest BCUT2D eigenvalue weighted by Crippen LogP contribution is 2.32. The zero-order valence-corrected chi connectivity index (χ0v) is 12.0. The number of rotatable bonds is 4. The lowest BCUT2D eigenvalue weighted by molar-refractivity contribution is 0.415. The van der Waals surface area contributed by atoms with Gasteiger partial charge in [-0.2, -0.15) is 0 Å². The fraction of sp³-hybridized carbons (Fsp3) is 0.250. The minimum absolute atomic E-state index is 0.189. The van der Waals surface area contributed by atoms with Gasteiger partial charge < -0.3 is 20.5 Å². The predicted octanol–water partition coefficient (Wildman–Crippen LogP) is 3.19. The summed E-state index contributed by atoms with van der Waals surface area (Å²) in [5, 5.41) is 10.0. The molecule has 2 aromatic rings. The average Bonchev–Trinajstić information content (AvgIpc) is 2.46. The second-order valence-electron chi connectivity index (χ2n) is 4.79. The Hall–Kier alpha value is -2.20. The van der Waals surface area contributed by atoms with Gasteiger partial charge in [0.1, 0.15) is 11.5 Å². The number of hydrogen-bond donors (Lipinski definition) is 2. The summed E-state index contributed by atoms with van der Waals surface area (Å²) in [6.07, 6.45) is 0. The molecule has 0 aliphatic heterocycles. The Kier molecular flexibility index (Phi) is 4.15. The van der Waals surface area contributed by atoms with Gasteiger partial charge in [0, 0.05) is 42.2 Å². The van der Waals surface area contributed by atoms with Crippen LogP contribution in [0.4, 0.5) is 11.4 Å². The molecule has 2 rings (SSSR count). The first-order chi connectivity index (χ1) is 9.52. The standard InChI is InChI=1S/C16H20N2O2/c1-11(17)15-8-7-13(10-16(15)19)18(2)12-5-4-6-14(9-12)20-3/h4-11,19H,17H2,1-3H3. The fourth-order valence-electron chi connectivity index (χ4n) is 2.09. The zero-order chi connectivity index (χ0) is 14.7. The summed E-state index contributed by atoms with van der Waals surface area (Å²) in [5.74, 6) is 1.01. The third kappa shape index (κ3) is 2.86. The maximum Gasteiger partial charge on any atom is 0.122 e. The molecule has 106 valence electrons. The molecule has 0 aromatic heterocycles. The quantitative estimate of drug-likeness (QED) is 0.897. The molecule has 1 atom stereocenters. The molecule has 0 aliphatic rings. The Labute approximate surface area is 119 Å². The summed E-state index contributed by atoms with van der Waals surface area (Å²) in [6, 6.07) is 13.1. The second-order valence-corrected chi connectivity index (χ2v) is 4.79. The molecule has 0 aliphatic carbocycles. The van der Waals surface area contributed by atoms with E-state index >= 15 is 0 Å². The molecule has 3 N–H and O–H groups in total. The third-order valence-electron chi connectivity index (χ3n) is 3.33. The van der Waals surface area contributed by atoms with Crippen LogP contribution in [0.25, 0.3) is 0 Å². The van der Waals surface area contributed by atoms with Crippen LogP contribution >= 0.6 is 0 Å². The zero-order valence-electron chi connectivity index (χ0n) is 12.0. The molecule has 4 heteroatoms. The van der Waals surface area contributed by atoms with Crippen molar-refractivity contribution >= 4 is 11.4 Å². The van der Waals surface area contributed by atoms with Crippen molar-refractivity contribution in [2.75, 3.05) is 19.1 Å². The highest BCUT2D eigenvalue weighted by Gasteiger charge is 2.10. The molecule has 0 heterocycles. The summed E-state index contributed by atoms with van der Waals surface area (Å²) in [4.78, 5) is 1.98. The molecule has 0 spiro atoms. The van der Waals surface area contributed by atoms with Gasteiger partial charge in [-0.05, 0) is 25.1 Å². The summed E-state index contributed by atoms with van der Waals surface area (Å²) < 4.78 is 5.22. The largest absolute Gasteiger partial charge is 0.508 e. The lowest BCUT2D eigenvalue weighted by atomic mass is 10.1. The van der Waals surface area contributed by atoms with Crippen molar-refractivity contribution in [3.05, 3.63) is 48.0 Å². The van der Waals surface area contributed by atoms with Crippen LogP contribution in [0.15, 0.2) is 42.5 Å². The number of anilines is 2. The Morgan fingerprint density at radius 2 is 1.85 bits per heavy atom. The summed E-state index contributed by atoms with van der Waals surface area (Å²) in [6.45, 7) is 1.85. The van der Waals surface area contributed by atoms with Crippen LogP contribution in [0.2, 0.25) is 0 Å². The first-order valence-corrected chi connectivity index (χ1v) is 6.49. The number of phenolic OH excluding ortho intramolecular Hbond substituents is 1. The highest BCUT2D eigenvalue weighted by atomic mass is 16.5. The van der Waals surface area contributed by atoms with Crippen LogP contribution in [0.5, 0.6) is 11.5 Å². The lowest BCUT2D eigenvalue weighted by Crippen LogP contribution is -2.10. The van der Waals surface area contributed by atoms with Crippen molar-refractivity contribution in [1.29, 1.82) is 0 Å². The second kappa shape index (κ2) is 5.84. The number of nitrogens with two attached hydrogens (primary N) is 1. The monoisotopic (exact) mass is 272 g/mol. The number of hydrogen-bond acceptors (Lipinski definition) is 4. The highest BCUT2D eigenvalue weighted by molar-refractivity contribution is 5.66. The topological polar surface area (TPSA) is 58.7 Å². The Bertz CT molecular complexity index is 597. The van der Waals surface area contributed by atoms with E-state index in [-0.39, 0.29) is 11.8 Å². The molecule has 1 unspecified atom stereocenters. The molecular formula is C16H20N2O2. The van der Waals surface area contributed by atoms with E-state index in [1.54, 1.807) is 13.2 Å². The van der Waals surface area contributed by atoms with E-state index in [2.05, 4.69) is 0 Å². The van der Waals surface area contributed by atoms with Gasteiger partial charge in [0.15, 0.2) is 0 Å². The molecule has 0 saturated heterocycles. The van der Waals surface area contributed by atoms with Crippen molar-refractivity contribution in [3.63, 3.8) is 0 Å². The summed E-state index contributed by atoms with van der Waals surface area (Å²) >= 11 is 0. The smallest absolute Gasteiger partial charge is 0.122 e. The normalized spacial score (nSPS) is 12.0. The van der Waals surface area contributed by atoms with Gasteiger partial charge in [-0.25, -0.2) is 0 Å². The van der Waals surface area contributed by atoms with Crippen LogP contribution < -0.4 is 15.4 Å². The van der Waals surface area contributed by atoms with Gasteiger partial charge in [0.05, 0.1) is 7.11 Å². The van der Waals surface area contributed by atoms with Crippen molar-refractivity contribution < 1.29 is 9.84 Å². The molecule has 2 aromatic carbocycles. The van der Waals surface area contributed by atoms with E-state index < -0.39 is 0 Å². The van der Waals surface area contributed by atoms with Gasteiger partial charge in [0.25, 0.3) is 0 Å². The molecule has 0 saturated carbocycles. The molecule has 20 heavy (non-hydrogen) atoms. The van der Waals surface area contributed by atoms with E-state index in [1.807, 2.05) is 55.3 Å². The Morgan fingerprint density at radius 1 is 1.15 bits per heavy atom. The predicted molar refractivity (Wildman–Crippen MR) is 81.8 cm³/mol. The first kappa shape index (κ1) is 14.2. The number of methoxy groups -OCH3 is 1. The molecule has 0 bridgehead atoms. The van der Waals surface area contributed by atoms with Crippen molar-refractivity contribution in [1.82, 2.24) is 0 Å². The number of nitrogens with zero attached hydrogens (tertiary/aromatic N) is 1. The van der Waals surface area contributed by atoms with Crippen molar-refractivity contribution in [2.24, 2.45) is 5.73 Å². The van der Waals surface area contributed by atoms with Crippen LogP contribution in [0.3, 0.4) is 0 Å². The third-order valence-corrected chi connectivity index (χ3v) is 3.33. The van der Waals surface area contributed by atoms with Crippen LogP contribution in [-0.2, 0) is 0 Å².